The van der Waals surface area contributed by atoms with Gasteiger partial charge >= 0.3 is 0 Å². The molecule has 0 radical (unpaired) electrons. The van der Waals surface area contributed by atoms with Crippen molar-refractivity contribution < 1.29 is 9.13 Å². The first kappa shape index (κ1) is 19.3. The summed E-state index contributed by atoms with van der Waals surface area (Å²) in [5, 5.41) is 1.36. The maximum Gasteiger partial charge on any atom is 0.213 e. The second kappa shape index (κ2) is 7.79. The number of hydrogen-bond donors (Lipinski definition) is 0. The predicted octanol–water partition coefficient (Wildman–Crippen LogP) is 5.33. The van der Waals surface area contributed by atoms with Crippen LogP contribution in [0.5, 0.6) is 0 Å². The molecule has 2 heterocycles. The lowest BCUT2D eigenvalue weighted by Crippen LogP contribution is -2.32. The number of aryl methyl sites for hydroxylation is 2. The van der Waals surface area contributed by atoms with Gasteiger partial charge in [-0.1, -0.05) is 32.0 Å². The quantitative estimate of drug-likeness (QED) is 0.422. The first-order chi connectivity index (χ1) is 14.0. The van der Waals surface area contributed by atoms with Crippen LogP contribution in [0.1, 0.15) is 25.0 Å². The molecule has 0 saturated carbocycles. The molecular formula is C27H30N2+2. The van der Waals surface area contributed by atoms with Crippen LogP contribution in [-0.4, -0.2) is 0 Å². The Morgan fingerprint density at radius 2 is 1.48 bits per heavy atom. The number of pyridine rings is 2. The summed E-state index contributed by atoms with van der Waals surface area (Å²) >= 11 is 0. The minimum atomic E-state index is 0.649. The van der Waals surface area contributed by atoms with Crippen LogP contribution in [0.3, 0.4) is 0 Å². The molecule has 0 spiro atoms. The fourth-order valence-electron chi connectivity index (χ4n) is 4.37. The predicted molar refractivity (Wildman–Crippen MR) is 120 cm³/mol. The van der Waals surface area contributed by atoms with E-state index in [4.69, 9.17) is 0 Å². The molecule has 0 bridgehead atoms. The van der Waals surface area contributed by atoms with E-state index in [1.54, 1.807) is 0 Å². The van der Waals surface area contributed by atoms with E-state index in [9.17, 15) is 0 Å². The number of aromatic nitrogens is 2. The van der Waals surface area contributed by atoms with Crippen molar-refractivity contribution in [3.05, 3.63) is 84.1 Å². The topological polar surface area (TPSA) is 7.76 Å². The number of benzene rings is 2. The van der Waals surface area contributed by atoms with Crippen LogP contribution >= 0.6 is 0 Å². The van der Waals surface area contributed by atoms with Gasteiger partial charge in [-0.05, 0) is 54.7 Å². The molecule has 146 valence electrons. The molecule has 0 amide bonds. The van der Waals surface area contributed by atoms with Gasteiger partial charge in [-0.2, -0.15) is 4.57 Å². The smallest absolute Gasteiger partial charge is 0.201 e. The maximum atomic E-state index is 2.34. The van der Waals surface area contributed by atoms with Gasteiger partial charge in [-0.25, -0.2) is 4.57 Å². The van der Waals surface area contributed by atoms with E-state index in [1.807, 2.05) is 0 Å². The molecule has 0 atom stereocenters. The minimum Gasteiger partial charge on any atom is -0.201 e. The molecule has 0 N–H and O–H groups in total. The first-order valence-electron chi connectivity index (χ1n) is 10.4. The molecule has 4 aromatic rings. The van der Waals surface area contributed by atoms with Crippen molar-refractivity contribution >= 4 is 10.9 Å². The zero-order chi connectivity index (χ0) is 20.5. The van der Waals surface area contributed by atoms with Gasteiger partial charge in [-0.3, -0.25) is 0 Å². The molecule has 2 heteroatoms. The average Bonchev–Trinajstić information content (AvgIpc) is 2.70. The standard InChI is InChI=1S/C27H30N2/c1-19(2)18-21-10-8-14-26-24(21)15-16-27(29(26)5)23-12-9-11-22(20(23)3)25-13-6-7-17-28(25)4/h6-17,19H,18H2,1-5H3/q+2. The van der Waals surface area contributed by atoms with E-state index in [-0.39, 0.29) is 0 Å². The van der Waals surface area contributed by atoms with Crippen molar-refractivity contribution in [2.75, 3.05) is 0 Å². The molecule has 0 saturated heterocycles. The molecule has 0 aliphatic carbocycles. The second-order valence-electron chi connectivity index (χ2n) is 8.40. The lowest BCUT2D eigenvalue weighted by atomic mass is 9.95. The van der Waals surface area contributed by atoms with Gasteiger partial charge in [0.15, 0.2) is 6.20 Å². The molecule has 4 rings (SSSR count). The molecule has 2 aromatic carbocycles. The van der Waals surface area contributed by atoms with E-state index >= 15 is 0 Å². The highest BCUT2D eigenvalue weighted by Gasteiger charge is 2.20. The Bertz CT molecular complexity index is 1190. The summed E-state index contributed by atoms with van der Waals surface area (Å²) in [6.45, 7) is 6.80. The molecule has 2 aromatic heterocycles. The van der Waals surface area contributed by atoms with Crippen molar-refractivity contribution in [3.63, 3.8) is 0 Å². The van der Waals surface area contributed by atoms with E-state index in [2.05, 4.69) is 117 Å². The Labute approximate surface area is 174 Å². The normalized spacial score (nSPS) is 11.4. The van der Waals surface area contributed by atoms with Gasteiger partial charge in [0, 0.05) is 40.8 Å². The van der Waals surface area contributed by atoms with Gasteiger partial charge in [0.2, 0.25) is 16.9 Å². The third kappa shape index (κ3) is 3.55. The van der Waals surface area contributed by atoms with Crippen LogP contribution in [0.2, 0.25) is 0 Å². The third-order valence-electron chi connectivity index (χ3n) is 5.87. The van der Waals surface area contributed by atoms with Crippen LogP contribution in [-0.2, 0) is 20.5 Å². The molecule has 0 unspecified atom stereocenters. The highest BCUT2D eigenvalue weighted by atomic mass is 14.9. The summed E-state index contributed by atoms with van der Waals surface area (Å²) in [5.41, 5.74) is 9.07. The summed E-state index contributed by atoms with van der Waals surface area (Å²) in [6, 6.07) is 24.3. The van der Waals surface area contributed by atoms with Crippen molar-refractivity contribution in [1.82, 2.24) is 0 Å². The van der Waals surface area contributed by atoms with Gasteiger partial charge in [0.05, 0.1) is 0 Å². The minimum absolute atomic E-state index is 0.649. The first-order valence-corrected chi connectivity index (χ1v) is 10.4. The summed E-state index contributed by atoms with van der Waals surface area (Å²) < 4.78 is 4.53. The average molecular weight is 383 g/mol. The Balaban J connectivity index is 1.89. The molecule has 0 aliphatic heterocycles. The van der Waals surface area contributed by atoms with E-state index in [1.165, 1.54) is 44.5 Å². The van der Waals surface area contributed by atoms with Crippen LogP contribution in [0.4, 0.5) is 0 Å². The zero-order valence-electron chi connectivity index (χ0n) is 18.1. The van der Waals surface area contributed by atoms with Gasteiger partial charge in [-0.15, -0.1) is 0 Å². The van der Waals surface area contributed by atoms with E-state index in [0.29, 0.717) is 5.92 Å². The lowest BCUT2D eigenvalue weighted by Gasteiger charge is -2.12. The fourth-order valence-corrected chi connectivity index (χ4v) is 4.37. The molecule has 2 nitrogen and oxygen atoms in total. The van der Waals surface area contributed by atoms with Crippen LogP contribution in [0, 0.1) is 12.8 Å². The van der Waals surface area contributed by atoms with Crippen LogP contribution in [0.25, 0.3) is 33.4 Å². The van der Waals surface area contributed by atoms with Gasteiger partial charge < -0.3 is 0 Å². The fraction of sp³-hybridized carbons (Fsp3) is 0.259. The highest BCUT2D eigenvalue weighted by molar-refractivity contribution is 5.82. The number of rotatable bonds is 4. The number of nitrogens with zero attached hydrogens (tertiary/aromatic N) is 2. The Morgan fingerprint density at radius 1 is 0.759 bits per heavy atom. The monoisotopic (exact) mass is 382 g/mol. The SMILES string of the molecule is Cc1c(-c2cccc[n+]2C)cccc1-c1ccc2c(CC(C)C)cccc2[n+]1C. The summed E-state index contributed by atoms with van der Waals surface area (Å²) in [7, 11) is 4.29. The molecule has 29 heavy (non-hydrogen) atoms. The van der Waals surface area contributed by atoms with Crippen molar-refractivity contribution in [2.24, 2.45) is 20.0 Å². The summed E-state index contributed by atoms with van der Waals surface area (Å²) in [6.07, 6.45) is 3.21. The van der Waals surface area contributed by atoms with Crippen molar-refractivity contribution in [2.45, 2.75) is 27.2 Å². The van der Waals surface area contributed by atoms with Crippen LogP contribution < -0.4 is 9.13 Å². The van der Waals surface area contributed by atoms with Crippen molar-refractivity contribution in [1.29, 1.82) is 0 Å². The Hall–Kier alpha value is -3.00. The molecule has 0 aliphatic rings. The van der Waals surface area contributed by atoms with Gasteiger partial charge in [0.25, 0.3) is 0 Å². The van der Waals surface area contributed by atoms with Crippen molar-refractivity contribution in [3.8, 4) is 22.5 Å². The Kier molecular flexibility index (Phi) is 5.19. The van der Waals surface area contributed by atoms with Crippen LogP contribution in [0.15, 0.2) is 72.9 Å². The maximum absolute atomic E-state index is 2.34. The summed E-state index contributed by atoms with van der Waals surface area (Å²) in [4.78, 5) is 0. The highest BCUT2D eigenvalue weighted by Crippen LogP contribution is 2.30. The summed E-state index contributed by atoms with van der Waals surface area (Å²) in [5.74, 6) is 0.649. The second-order valence-corrected chi connectivity index (χ2v) is 8.40. The number of fused-ring (bicyclic) bond motifs is 1. The Morgan fingerprint density at radius 3 is 2.21 bits per heavy atom. The third-order valence-corrected chi connectivity index (χ3v) is 5.87. The lowest BCUT2D eigenvalue weighted by molar-refractivity contribution is -0.660. The number of hydrogen-bond acceptors (Lipinski definition) is 0. The molecule has 0 fully saturated rings. The van der Waals surface area contributed by atoms with E-state index in [0.717, 1.165) is 6.42 Å². The van der Waals surface area contributed by atoms with E-state index < -0.39 is 0 Å². The largest absolute Gasteiger partial charge is 0.213 e. The molecular weight excluding hydrogens is 352 g/mol. The zero-order valence-corrected chi connectivity index (χ0v) is 18.1. The van der Waals surface area contributed by atoms with Gasteiger partial charge in [0.1, 0.15) is 14.1 Å².